The van der Waals surface area contributed by atoms with Gasteiger partial charge in [-0.25, -0.2) is 0 Å². The summed E-state index contributed by atoms with van der Waals surface area (Å²) in [5.41, 5.74) is 3.23. The van der Waals surface area contributed by atoms with Crippen molar-refractivity contribution in [2.45, 2.75) is 19.3 Å². The summed E-state index contributed by atoms with van der Waals surface area (Å²) in [6, 6.07) is 17.5. The van der Waals surface area contributed by atoms with Gasteiger partial charge in [0.15, 0.2) is 5.78 Å². The lowest BCUT2D eigenvalue weighted by Crippen LogP contribution is -2.10. The molecule has 0 fully saturated rings. The van der Waals surface area contributed by atoms with Gasteiger partial charge in [-0.1, -0.05) is 30.3 Å². The monoisotopic (exact) mass is 279 g/mol. The smallest absolute Gasteiger partial charge is 0.166 e. The highest BCUT2D eigenvalue weighted by molar-refractivity contribution is 6.21. The minimum atomic E-state index is 0.0301. The van der Waals surface area contributed by atoms with Gasteiger partial charge in [0.25, 0.3) is 0 Å². The minimum absolute atomic E-state index is 0.0301. The minimum Gasteiger partial charge on any atom is -0.512 e. The maximum Gasteiger partial charge on any atom is 0.166 e. The first-order valence-corrected chi connectivity index (χ1v) is 7.12. The fraction of sp³-hybridized carbons (Fsp3) is 0.167. The Morgan fingerprint density at radius 3 is 2.19 bits per heavy atom. The third-order valence-electron chi connectivity index (χ3n) is 3.62. The van der Waals surface area contributed by atoms with Crippen LogP contribution in [0.1, 0.15) is 24.8 Å². The van der Waals surface area contributed by atoms with E-state index in [9.17, 15) is 9.90 Å². The fourth-order valence-electron chi connectivity index (χ4n) is 2.56. The predicted octanol–water partition coefficient (Wildman–Crippen LogP) is 4.45. The molecule has 0 atom stereocenters. The van der Waals surface area contributed by atoms with Crippen LogP contribution in [0.15, 0.2) is 60.4 Å². The number of Topliss-reactive ketones (excluding diaryl/α,β-unsaturated/α-hetero) is 1. The second kappa shape index (κ2) is 5.83. The van der Waals surface area contributed by atoms with E-state index in [2.05, 4.69) is 5.32 Å². The number of carbonyl (C=O) groups excluding carboxylic acids is 1. The zero-order valence-corrected chi connectivity index (χ0v) is 11.7. The molecule has 0 radical (unpaired) electrons. The average Bonchev–Trinajstić information content (AvgIpc) is 2.50. The summed E-state index contributed by atoms with van der Waals surface area (Å²) in [5, 5.41) is 13.2. The Hall–Kier alpha value is -2.55. The zero-order chi connectivity index (χ0) is 14.7. The normalized spacial score (nSPS) is 15.1. The summed E-state index contributed by atoms with van der Waals surface area (Å²) in [6.07, 6.45) is 1.84. The number of hydrogen-bond acceptors (Lipinski definition) is 3. The standard InChI is InChI=1S/C18H17NO2/c20-16-7-4-8-17(21)18(16)13-9-11-15(12-10-13)19-14-5-2-1-3-6-14/h1-3,5-6,9-12,19-20H,4,7-8H2. The van der Waals surface area contributed by atoms with Crippen molar-refractivity contribution in [2.75, 3.05) is 5.32 Å². The molecule has 3 nitrogen and oxygen atoms in total. The molecule has 3 rings (SSSR count). The summed E-state index contributed by atoms with van der Waals surface area (Å²) < 4.78 is 0. The SMILES string of the molecule is O=C1CCCC(O)=C1c1ccc(Nc2ccccc2)cc1. The molecular weight excluding hydrogens is 262 g/mol. The lowest BCUT2D eigenvalue weighted by molar-refractivity contribution is -0.114. The van der Waals surface area contributed by atoms with Gasteiger partial charge < -0.3 is 10.4 Å². The molecule has 0 bridgehead atoms. The first-order chi connectivity index (χ1) is 10.2. The van der Waals surface area contributed by atoms with Crippen molar-refractivity contribution in [2.24, 2.45) is 0 Å². The lowest BCUT2D eigenvalue weighted by atomic mass is 9.91. The number of carbonyl (C=O) groups is 1. The average molecular weight is 279 g/mol. The van der Waals surface area contributed by atoms with E-state index in [1.165, 1.54) is 0 Å². The molecule has 2 aromatic rings. The Morgan fingerprint density at radius 2 is 1.52 bits per heavy atom. The van der Waals surface area contributed by atoms with E-state index in [1.54, 1.807) is 0 Å². The predicted molar refractivity (Wildman–Crippen MR) is 84.6 cm³/mol. The number of anilines is 2. The fourth-order valence-corrected chi connectivity index (χ4v) is 2.56. The molecule has 2 aromatic carbocycles. The number of nitrogens with one attached hydrogen (secondary N) is 1. The van der Waals surface area contributed by atoms with Gasteiger partial charge in [0, 0.05) is 24.2 Å². The van der Waals surface area contributed by atoms with Gasteiger partial charge in [0.2, 0.25) is 0 Å². The van der Waals surface area contributed by atoms with Crippen LogP contribution in [0.3, 0.4) is 0 Å². The maximum absolute atomic E-state index is 11.9. The summed E-state index contributed by atoms with van der Waals surface area (Å²) in [4.78, 5) is 11.9. The van der Waals surface area contributed by atoms with E-state index in [4.69, 9.17) is 0 Å². The van der Waals surface area contributed by atoms with Crippen molar-refractivity contribution in [3.8, 4) is 0 Å². The van der Waals surface area contributed by atoms with E-state index in [1.807, 2.05) is 54.6 Å². The van der Waals surface area contributed by atoms with Crippen LogP contribution in [0, 0.1) is 0 Å². The molecular formula is C18H17NO2. The summed E-state index contributed by atoms with van der Waals surface area (Å²) >= 11 is 0. The summed E-state index contributed by atoms with van der Waals surface area (Å²) in [7, 11) is 0. The van der Waals surface area contributed by atoms with Crippen molar-refractivity contribution in [3.63, 3.8) is 0 Å². The number of ketones is 1. The maximum atomic E-state index is 11.9. The lowest BCUT2D eigenvalue weighted by Gasteiger charge is -2.15. The molecule has 0 aromatic heterocycles. The van der Waals surface area contributed by atoms with Crippen LogP contribution in [-0.4, -0.2) is 10.9 Å². The highest BCUT2D eigenvalue weighted by Crippen LogP contribution is 2.29. The van der Waals surface area contributed by atoms with Gasteiger partial charge in [-0.15, -0.1) is 0 Å². The Balaban J connectivity index is 1.83. The topological polar surface area (TPSA) is 49.3 Å². The Bertz CT molecular complexity index is 672. The second-order valence-corrected chi connectivity index (χ2v) is 5.17. The third kappa shape index (κ3) is 2.97. The van der Waals surface area contributed by atoms with Crippen LogP contribution >= 0.6 is 0 Å². The highest BCUT2D eigenvalue weighted by atomic mass is 16.3. The van der Waals surface area contributed by atoms with Crippen molar-refractivity contribution >= 4 is 22.7 Å². The van der Waals surface area contributed by atoms with E-state index < -0.39 is 0 Å². The largest absolute Gasteiger partial charge is 0.512 e. The van der Waals surface area contributed by atoms with E-state index in [0.29, 0.717) is 18.4 Å². The second-order valence-electron chi connectivity index (χ2n) is 5.17. The first kappa shape index (κ1) is 13.4. The van der Waals surface area contributed by atoms with Crippen molar-refractivity contribution in [1.82, 2.24) is 0 Å². The van der Waals surface area contributed by atoms with E-state index in [0.717, 1.165) is 23.4 Å². The van der Waals surface area contributed by atoms with Crippen molar-refractivity contribution in [1.29, 1.82) is 0 Å². The van der Waals surface area contributed by atoms with Crippen LogP contribution < -0.4 is 5.32 Å². The number of aliphatic hydroxyl groups is 1. The summed E-state index contributed by atoms with van der Waals surface area (Å²) in [6.45, 7) is 0. The first-order valence-electron chi connectivity index (χ1n) is 7.12. The quantitative estimate of drug-likeness (QED) is 0.872. The van der Waals surface area contributed by atoms with Crippen LogP contribution in [0.25, 0.3) is 5.57 Å². The van der Waals surface area contributed by atoms with Crippen LogP contribution in [0.4, 0.5) is 11.4 Å². The van der Waals surface area contributed by atoms with Crippen LogP contribution in [-0.2, 0) is 4.79 Å². The Labute approximate surface area is 123 Å². The molecule has 106 valence electrons. The molecule has 0 unspecified atom stereocenters. The molecule has 2 N–H and O–H groups in total. The van der Waals surface area contributed by atoms with Gasteiger partial charge >= 0.3 is 0 Å². The number of aliphatic hydroxyl groups excluding tert-OH is 1. The zero-order valence-electron chi connectivity index (χ0n) is 11.7. The molecule has 0 aliphatic heterocycles. The Kier molecular flexibility index (Phi) is 3.73. The number of hydrogen-bond donors (Lipinski definition) is 2. The van der Waals surface area contributed by atoms with Crippen LogP contribution in [0.2, 0.25) is 0 Å². The number of benzene rings is 2. The molecule has 3 heteroatoms. The molecule has 1 aliphatic rings. The molecule has 0 saturated heterocycles. The molecule has 1 aliphatic carbocycles. The molecule has 0 saturated carbocycles. The van der Waals surface area contributed by atoms with Gasteiger partial charge in [0.05, 0.1) is 5.57 Å². The van der Waals surface area contributed by atoms with Gasteiger partial charge in [0.1, 0.15) is 5.76 Å². The number of allylic oxidation sites excluding steroid dienone is 2. The van der Waals surface area contributed by atoms with Gasteiger partial charge in [-0.05, 0) is 36.2 Å². The third-order valence-corrected chi connectivity index (χ3v) is 3.62. The molecule has 21 heavy (non-hydrogen) atoms. The van der Waals surface area contributed by atoms with Crippen molar-refractivity contribution < 1.29 is 9.90 Å². The van der Waals surface area contributed by atoms with Gasteiger partial charge in [-0.2, -0.15) is 0 Å². The van der Waals surface area contributed by atoms with Crippen LogP contribution in [0.5, 0.6) is 0 Å². The highest BCUT2D eigenvalue weighted by Gasteiger charge is 2.21. The molecule has 0 heterocycles. The number of para-hydroxylation sites is 1. The molecule has 0 amide bonds. The Morgan fingerprint density at radius 1 is 0.857 bits per heavy atom. The van der Waals surface area contributed by atoms with E-state index >= 15 is 0 Å². The summed E-state index contributed by atoms with van der Waals surface area (Å²) in [5.74, 6) is 0.248. The van der Waals surface area contributed by atoms with Crippen molar-refractivity contribution in [3.05, 3.63) is 65.9 Å². The van der Waals surface area contributed by atoms with Gasteiger partial charge in [-0.3, -0.25) is 4.79 Å². The molecule has 0 spiro atoms. The van der Waals surface area contributed by atoms with E-state index in [-0.39, 0.29) is 11.5 Å². The number of rotatable bonds is 3.